The third kappa shape index (κ3) is 5.92. The van der Waals surface area contributed by atoms with Crippen LogP contribution in [0.5, 0.6) is 0 Å². The molecule has 0 aliphatic rings. The third-order valence-electron chi connectivity index (χ3n) is 2.88. The van der Waals surface area contributed by atoms with Crippen LogP contribution < -0.4 is 10.4 Å². The monoisotopic (exact) mass is 268 g/mol. The summed E-state index contributed by atoms with van der Waals surface area (Å²) in [7, 11) is 2.50. The van der Waals surface area contributed by atoms with Gasteiger partial charge in [-0.3, -0.25) is 5.09 Å². The molecule has 0 heterocycles. The van der Waals surface area contributed by atoms with E-state index in [0.29, 0.717) is 12.5 Å². The van der Waals surface area contributed by atoms with Crippen LogP contribution in [0.1, 0.15) is 19.4 Å². The summed E-state index contributed by atoms with van der Waals surface area (Å²) in [6.45, 7) is 5.88. The second kappa shape index (κ2) is 8.60. The molecule has 102 valence electrons. The normalized spacial score (nSPS) is 14.7. The molecule has 3 unspecified atom stereocenters. The fourth-order valence-corrected chi connectivity index (χ4v) is 2.18. The van der Waals surface area contributed by atoms with Gasteiger partial charge in [0, 0.05) is 12.6 Å². The quantitative estimate of drug-likeness (QED) is 0.627. The van der Waals surface area contributed by atoms with E-state index in [9.17, 15) is 5.11 Å². The van der Waals surface area contributed by atoms with Crippen LogP contribution in [0.4, 0.5) is 0 Å². The molecule has 0 fully saturated rings. The molecule has 0 saturated heterocycles. The first-order chi connectivity index (χ1) is 8.63. The van der Waals surface area contributed by atoms with Gasteiger partial charge in [-0.2, -0.15) is 0 Å². The molecule has 18 heavy (non-hydrogen) atoms. The third-order valence-corrected chi connectivity index (χ3v) is 3.31. The lowest BCUT2D eigenvalue weighted by atomic mass is 10.0. The number of hydrogen-bond donors (Lipinski definition) is 3. The van der Waals surface area contributed by atoms with Crippen molar-refractivity contribution in [3.05, 3.63) is 35.9 Å². The van der Waals surface area contributed by atoms with Gasteiger partial charge in [-0.05, 0) is 24.4 Å². The summed E-state index contributed by atoms with van der Waals surface area (Å²) in [6, 6.07) is 10.3. The second-order valence-electron chi connectivity index (χ2n) is 5.08. The van der Waals surface area contributed by atoms with E-state index in [4.69, 9.17) is 0 Å². The van der Waals surface area contributed by atoms with Gasteiger partial charge in [0.1, 0.15) is 0 Å². The average molecular weight is 268 g/mol. The van der Waals surface area contributed by atoms with Crippen LogP contribution in [0.15, 0.2) is 30.3 Å². The minimum Gasteiger partial charge on any atom is -0.390 e. The number of aliphatic hydroxyl groups excluding tert-OH is 1. The molecule has 3 atom stereocenters. The summed E-state index contributed by atoms with van der Waals surface area (Å²) in [5.41, 5.74) is 1.24. The summed E-state index contributed by atoms with van der Waals surface area (Å²) in [5, 5.41) is 16.5. The molecule has 0 radical (unpaired) electrons. The second-order valence-corrected chi connectivity index (χ2v) is 5.42. The molecular weight excluding hydrogens is 243 g/mol. The average Bonchev–Trinajstić information content (AvgIpc) is 2.36. The van der Waals surface area contributed by atoms with Crippen LogP contribution in [-0.4, -0.2) is 30.3 Å². The van der Waals surface area contributed by atoms with E-state index in [-0.39, 0.29) is 12.1 Å². The minimum absolute atomic E-state index is 0.0528. The van der Waals surface area contributed by atoms with Crippen molar-refractivity contribution < 1.29 is 5.11 Å². The Balaban J connectivity index is 2.40. The van der Waals surface area contributed by atoms with Crippen LogP contribution in [0.2, 0.25) is 0 Å². The van der Waals surface area contributed by atoms with Gasteiger partial charge in [0.05, 0.1) is 6.10 Å². The van der Waals surface area contributed by atoms with Crippen molar-refractivity contribution in [2.24, 2.45) is 5.92 Å². The standard InChI is InChI=1S/C14H25N2OP/c1-11(2)9-15-10-14(17)13(16-18)8-12-6-4-3-5-7-12/h3-7,11,13-17H,8-10,18H2,1-2H3. The lowest BCUT2D eigenvalue weighted by molar-refractivity contribution is 0.135. The Bertz CT molecular complexity index is 319. The van der Waals surface area contributed by atoms with Gasteiger partial charge in [-0.25, -0.2) is 0 Å². The highest BCUT2D eigenvalue weighted by Crippen LogP contribution is 2.07. The molecule has 0 amide bonds. The Hall–Kier alpha value is -0.470. The summed E-state index contributed by atoms with van der Waals surface area (Å²) in [5.74, 6) is 0.605. The summed E-state index contributed by atoms with van der Waals surface area (Å²) in [6.07, 6.45) is 0.441. The molecule has 0 aliphatic heterocycles. The first kappa shape index (κ1) is 15.6. The van der Waals surface area contributed by atoms with E-state index in [1.165, 1.54) is 5.56 Å². The highest BCUT2D eigenvalue weighted by Gasteiger charge is 2.17. The number of rotatable bonds is 8. The summed E-state index contributed by atoms with van der Waals surface area (Å²) < 4.78 is 0. The first-order valence-electron chi connectivity index (χ1n) is 6.52. The molecule has 1 rings (SSSR count). The maximum atomic E-state index is 10.1. The lowest BCUT2D eigenvalue weighted by Gasteiger charge is -2.23. The van der Waals surface area contributed by atoms with Crippen molar-refractivity contribution in [1.82, 2.24) is 10.4 Å². The van der Waals surface area contributed by atoms with Crippen LogP contribution in [0.25, 0.3) is 0 Å². The van der Waals surface area contributed by atoms with Crippen molar-refractivity contribution >= 4 is 9.39 Å². The minimum atomic E-state index is -0.388. The molecule has 3 nitrogen and oxygen atoms in total. The smallest absolute Gasteiger partial charge is 0.0823 e. The molecule has 1 aromatic rings. The van der Waals surface area contributed by atoms with Gasteiger partial charge >= 0.3 is 0 Å². The predicted octanol–water partition coefficient (Wildman–Crippen LogP) is 1.58. The maximum Gasteiger partial charge on any atom is 0.0823 e. The SMILES string of the molecule is CC(C)CNCC(O)C(Cc1ccccc1)NP. The van der Waals surface area contributed by atoms with E-state index in [1.54, 1.807) is 0 Å². The van der Waals surface area contributed by atoms with Crippen molar-refractivity contribution in [3.63, 3.8) is 0 Å². The molecule has 0 spiro atoms. The van der Waals surface area contributed by atoms with E-state index >= 15 is 0 Å². The molecule has 1 aromatic carbocycles. The van der Waals surface area contributed by atoms with Gasteiger partial charge < -0.3 is 10.4 Å². The predicted molar refractivity (Wildman–Crippen MR) is 80.5 cm³/mol. The van der Waals surface area contributed by atoms with E-state index in [0.717, 1.165) is 13.0 Å². The Labute approximate surface area is 113 Å². The zero-order valence-electron chi connectivity index (χ0n) is 11.3. The highest BCUT2D eigenvalue weighted by molar-refractivity contribution is 7.13. The Morgan fingerprint density at radius 2 is 1.83 bits per heavy atom. The van der Waals surface area contributed by atoms with Crippen LogP contribution in [0, 0.1) is 5.92 Å². The van der Waals surface area contributed by atoms with Crippen LogP contribution in [-0.2, 0) is 6.42 Å². The van der Waals surface area contributed by atoms with Gasteiger partial charge in [0.15, 0.2) is 0 Å². The maximum absolute atomic E-state index is 10.1. The van der Waals surface area contributed by atoms with Gasteiger partial charge in [-0.1, -0.05) is 53.6 Å². The van der Waals surface area contributed by atoms with Crippen molar-refractivity contribution in [1.29, 1.82) is 0 Å². The lowest BCUT2D eigenvalue weighted by Crippen LogP contribution is -2.43. The van der Waals surface area contributed by atoms with Crippen LogP contribution >= 0.6 is 9.39 Å². The molecule has 0 bridgehead atoms. The molecule has 4 heteroatoms. The first-order valence-corrected chi connectivity index (χ1v) is 7.10. The topological polar surface area (TPSA) is 44.3 Å². The van der Waals surface area contributed by atoms with Crippen molar-refractivity contribution in [3.8, 4) is 0 Å². The van der Waals surface area contributed by atoms with Gasteiger partial charge in [0.25, 0.3) is 0 Å². The van der Waals surface area contributed by atoms with E-state index < -0.39 is 0 Å². The van der Waals surface area contributed by atoms with Crippen molar-refractivity contribution in [2.45, 2.75) is 32.4 Å². The Morgan fingerprint density at radius 1 is 1.17 bits per heavy atom. The highest BCUT2D eigenvalue weighted by atomic mass is 31.0. The summed E-state index contributed by atoms with van der Waals surface area (Å²) >= 11 is 0. The fraction of sp³-hybridized carbons (Fsp3) is 0.571. The Morgan fingerprint density at radius 3 is 2.39 bits per heavy atom. The number of benzene rings is 1. The molecule has 0 saturated carbocycles. The van der Waals surface area contributed by atoms with Gasteiger partial charge in [-0.15, -0.1) is 0 Å². The molecular formula is C14H25N2OP. The van der Waals surface area contributed by atoms with E-state index in [2.05, 4.69) is 45.8 Å². The number of aliphatic hydroxyl groups is 1. The largest absolute Gasteiger partial charge is 0.390 e. The van der Waals surface area contributed by atoms with Crippen LogP contribution in [0.3, 0.4) is 0 Å². The van der Waals surface area contributed by atoms with Crippen molar-refractivity contribution in [2.75, 3.05) is 13.1 Å². The Kier molecular flexibility index (Phi) is 7.45. The van der Waals surface area contributed by atoms with Gasteiger partial charge in [0.2, 0.25) is 0 Å². The van der Waals surface area contributed by atoms with E-state index in [1.807, 2.05) is 18.2 Å². The molecule has 0 aliphatic carbocycles. The number of nitrogens with one attached hydrogen (secondary N) is 2. The zero-order chi connectivity index (χ0) is 13.4. The molecule has 3 N–H and O–H groups in total. The summed E-state index contributed by atoms with van der Waals surface area (Å²) in [4.78, 5) is 0. The molecule has 0 aromatic heterocycles. The number of hydrogen-bond acceptors (Lipinski definition) is 3. The fourth-order valence-electron chi connectivity index (χ4n) is 1.84. The zero-order valence-corrected chi connectivity index (χ0v) is 12.4.